The van der Waals surface area contributed by atoms with Crippen molar-refractivity contribution in [2.24, 2.45) is 0 Å². The molecular formula is C6H13NOS. The van der Waals surface area contributed by atoms with Crippen LogP contribution in [0.4, 0.5) is 0 Å². The summed E-state index contributed by atoms with van der Waals surface area (Å²) in [6.45, 7) is 3.15. The van der Waals surface area contributed by atoms with Crippen LogP contribution in [-0.2, 0) is 11.0 Å². The molecule has 2 nitrogen and oxygen atoms in total. The first kappa shape index (κ1) is 7.22. The van der Waals surface area contributed by atoms with E-state index in [0.717, 1.165) is 6.54 Å². The van der Waals surface area contributed by atoms with Crippen LogP contribution in [0.15, 0.2) is 0 Å². The Labute approximate surface area is 58.8 Å². The Kier molecular flexibility index (Phi) is 2.24. The molecular weight excluding hydrogens is 134 g/mol. The highest BCUT2D eigenvalue weighted by molar-refractivity contribution is 7.81. The van der Waals surface area contributed by atoms with Crippen molar-refractivity contribution < 1.29 is 4.21 Å². The lowest BCUT2D eigenvalue weighted by molar-refractivity contribution is 0.444. The van der Waals surface area contributed by atoms with E-state index in [0.29, 0.717) is 6.04 Å². The molecule has 0 radical (unpaired) electrons. The highest BCUT2D eigenvalue weighted by Crippen LogP contribution is 2.16. The van der Waals surface area contributed by atoms with Crippen molar-refractivity contribution in [3.8, 4) is 0 Å². The van der Waals surface area contributed by atoms with E-state index >= 15 is 0 Å². The Bertz CT molecular complexity index is 126. The van der Waals surface area contributed by atoms with E-state index < -0.39 is 11.0 Å². The molecule has 0 aromatic heterocycles. The maximum atomic E-state index is 10.9. The van der Waals surface area contributed by atoms with Gasteiger partial charge in [0.05, 0.1) is 11.0 Å². The minimum atomic E-state index is -0.738. The third kappa shape index (κ3) is 1.52. The smallest absolute Gasteiger partial charge is 0.0913 e. The van der Waals surface area contributed by atoms with Gasteiger partial charge >= 0.3 is 0 Å². The minimum absolute atomic E-state index is 0.538. The van der Waals surface area contributed by atoms with Gasteiger partial charge < -0.3 is 0 Å². The molecule has 2 atom stereocenters. The quantitative estimate of drug-likeness (QED) is 0.536. The fourth-order valence-electron chi connectivity index (χ4n) is 1.29. The molecule has 0 N–H and O–H groups in total. The molecule has 0 aromatic rings. The van der Waals surface area contributed by atoms with Crippen LogP contribution in [0.1, 0.15) is 19.8 Å². The zero-order valence-corrected chi connectivity index (χ0v) is 6.78. The number of rotatable bonds is 1. The third-order valence-corrected chi connectivity index (χ3v) is 3.03. The molecule has 0 amide bonds. The molecule has 0 aromatic carbocycles. The summed E-state index contributed by atoms with van der Waals surface area (Å²) in [5.74, 6) is 0. The maximum Gasteiger partial charge on any atom is 0.0913 e. The highest BCUT2D eigenvalue weighted by Gasteiger charge is 2.22. The number of hydrogen-bond donors (Lipinski definition) is 0. The van der Waals surface area contributed by atoms with Crippen molar-refractivity contribution in [1.82, 2.24) is 4.31 Å². The molecule has 1 aliphatic heterocycles. The SMILES string of the molecule is CC1CCCN1S(C)=O. The maximum absolute atomic E-state index is 10.9. The lowest BCUT2D eigenvalue weighted by atomic mass is 10.3. The summed E-state index contributed by atoms with van der Waals surface area (Å²) >= 11 is 0. The third-order valence-electron chi connectivity index (χ3n) is 1.82. The Hall–Kier alpha value is 0.110. The summed E-state index contributed by atoms with van der Waals surface area (Å²) in [6, 6.07) is 0.538. The van der Waals surface area contributed by atoms with E-state index in [4.69, 9.17) is 0 Å². The van der Waals surface area contributed by atoms with Crippen molar-refractivity contribution >= 4 is 11.0 Å². The second-order valence-corrected chi connectivity index (χ2v) is 3.87. The molecule has 3 heteroatoms. The number of hydrogen-bond acceptors (Lipinski definition) is 1. The molecule has 54 valence electrons. The minimum Gasteiger partial charge on any atom is -0.243 e. The van der Waals surface area contributed by atoms with Crippen molar-refractivity contribution in [2.75, 3.05) is 12.8 Å². The van der Waals surface area contributed by atoms with Gasteiger partial charge in [-0.3, -0.25) is 0 Å². The molecule has 0 saturated carbocycles. The van der Waals surface area contributed by atoms with Gasteiger partial charge in [0.15, 0.2) is 0 Å². The van der Waals surface area contributed by atoms with E-state index in [1.807, 2.05) is 4.31 Å². The van der Waals surface area contributed by atoms with E-state index in [9.17, 15) is 4.21 Å². The van der Waals surface area contributed by atoms with Crippen molar-refractivity contribution in [3.63, 3.8) is 0 Å². The average molecular weight is 147 g/mol. The van der Waals surface area contributed by atoms with Gasteiger partial charge in [0.1, 0.15) is 0 Å². The second-order valence-electron chi connectivity index (χ2n) is 2.56. The Morgan fingerprint density at radius 3 is 2.56 bits per heavy atom. The largest absolute Gasteiger partial charge is 0.243 e. The van der Waals surface area contributed by atoms with E-state index in [-0.39, 0.29) is 0 Å². The zero-order chi connectivity index (χ0) is 6.85. The summed E-state index contributed by atoms with van der Waals surface area (Å²) in [4.78, 5) is 0. The lowest BCUT2D eigenvalue weighted by Crippen LogP contribution is -2.27. The van der Waals surface area contributed by atoms with Crippen LogP contribution in [0, 0.1) is 0 Å². The van der Waals surface area contributed by atoms with Gasteiger partial charge in [-0.25, -0.2) is 8.51 Å². The van der Waals surface area contributed by atoms with E-state index in [1.54, 1.807) is 6.26 Å². The molecule has 0 aliphatic carbocycles. The molecule has 2 unspecified atom stereocenters. The molecule has 1 heterocycles. The summed E-state index contributed by atoms with van der Waals surface area (Å²) in [5.41, 5.74) is 0. The predicted molar refractivity (Wildman–Crippen MR) is 39.5 cm³/mol. The normalized spacial score (nSPS) is 32.9. The predicted octanol–water partition coefficient (Wildman–Crippen LogP) is 0.764. The molecule has 1 rings (SSSR count). The molecule has 9 heavy (non-hydrogen) atoms. The summed E-state index contributed by atoms with van der Waals surface area (Å²) in [5, 5.41) is 0. The molecule has 0 bridgehead atoms. The van der Waals surface area contributed by atoms with Gasteiger partial charge in [-0.05, 0) is 19.8 Å². The van der Waals surface area contributed by atoms with E-state index in [2.05, 4.69) is 6.92 Å². The summed E-state index contributed by atoms with van der Waals surface area (Å²) < 4.78 is 12.9. The van der Waals surface area contributed by atoms with Gasteiger partial charge in [-0.2, -0.15) is 0 Å². The molecule has 1 aliphatic rings. The highest BCUT2D eigenvalue weighted by atomic mass is 32.2. The van der Waals surface area contributed by atoms with Crippen LogP contribution in [0.25, 0.3) is 0 Å². The monoisotopic (exact) mass is 147 g/mol. The topological polar surface area (TPSA) is 20.3 Å². The summed E-state index contributed by atoms with van der Waals surface area (Å²) in [6.07, 6.45) is 4.17. The second kappa shape index (κ2) is 2.80. The Morgan fingerprint density at radius 2 is 2.33 bits per heavy atom. The van der Waals surface area contributed by atoms with Gasteiger partial charge in [0.2, 0.25) is 0 Å². The Balaban J connectivity index is 2.49. The van der Waals surface area contributed by atoms with Crippen LogP contribution in [-0.4, -0.2) is 27.4 Å². The van der Waals surface area contributed by atoms with Crippen LogP contribution in [0.3, 0.4) is 0 Å². The molecule has 1 fully saturated rings. The van der Waals surface area contributed by atoms with Crippen LogP contribution < -0.4 is 0 Å². The molecule has 1 saturated heterocycles. The number of nitrogens with zero attached hydrogens (tertiary/aromatic N) is 1. The standard InChI is InChI=1S/C6H13NOS/c1-6-4-3-5-7(6)9(2)8/h6H,3-5H2,1-2H3. The lowest BCUT2D eigenvalue weighted by Gasteiger charge is -2.16. The fraction of sp³-hybridized carbons (Fsp3) is 1.00. The first-order valence-corrected chi connectivity index (χ1v) is 4.83. The van der Waals surface area contributed by atoms with Gasteiger partial charge in [0.25, 0.3) is 0 Å². The van der Waals surface area contributed by atoms with Gasteiger partial charge in [-0.1, -0.05) is 0 Å². The Morgan fingerprint density at radius 1 is 1.67 bits per heavy atom. The van der Waals surface area contributed by atoms with Crippen molar-refractivity contribution in [2.45, 2.75) is 25.8 Å². The summed E-state index contributed by atoms with van der Waals surface area (Å²) in [7, 11) is -0.738. The van der Waals surface area contributed by atoms with E-state index in [1.165, 1.54) is 12.8 Å². The first-order valence-electron chi connectivity index (χ1n) is 3.32. The van der Waals surface area contributed by atoms with Crippen molar-refractivity contribution in [1.29, 1.82) is 0 Å². The first-order chi connectivity index (χ1) is 4.22. The van der Waals surface area contributed by atoms with Crippen molar-refractivity contribution in [3.05, 3.63) is 0 Å². The molecule has 0 spiro atoms. The zero-order valence-electron chi connectivity index (χ0n) is 5.96. The fourth-order valence-corrected chi connectivity index (χ4v) is 2.29. The van der Waals surface area contributed by atoms with Crippen LogP contribution in [0.2, 0.25) is 0 Å². The van der Waals surface area contributed by atoms with Crippen LogP contribution >= 0.6 is 0 Å². The van der Waals surface area contributed by atoms with Crippen LogP contribution in [0.5, 0.6) is 0 Å². The van der Waals surface area contributed by atoms with Gasteiger partial charge in [-0.15, -0.1) is 0 Å². The van der Waals surface area contributed by atoms with Gasteiger partial charge in [0, 0.05) is 18.8 Å². The average Bonchev–Trinajstić information content (AvgIpc) is 2.13.